The van der Waals surface area contributed by atoms with Crippen LogP contribution in [0, 0.1) is 0 Å². The Kier molecular flexibility index (Phi) is 3.45. The Morgan fingerprint density at radius 3 is 2.30 bits per heavy atom. The van der Waals surface area contributed by atoms with Crippen molar-refractivity contribution in [3.63, 3.8) is 0 Å². The molecule has 1 atom stereocenters. The molecule has 1 rings (SSSR count). The Bertz CT molecular complexity index is 109. The van der Waals surface area contributed by atoms with E-state index >= 15 is 0 Å². The first-order valence-corrected chi connectivity index (χ1v) is 2.85. The summed E-state index contributed by atoms with van der Waals surface area (Å²) >= 11 is 0. The summed E-state index contributed by atoms with van der Waals surface area (Å²) in [5, 5.41) is 2.54. The van der Waals surface area contributed by atoms with Gasteiger partial charge in [-0.3, -0.25) is 0 Å². The van der Waals surface area contributed by atoms with E-state index in [0.717, 1.165) is 0 Å². The van der Waals surface area contributed by atoms with Crippen LogP contribution < -0.4 is 5.32 Å². The SMILES string of the molecule is Cl.F[C@H]1CNCCC1(F)F. The molecule has 0 aliphatic carbocycles. The molecule has 1 fully saturated rings. The van der Waals surface area contributed by atoms with Crippen molar-refractivity contribution in [1.82, 2.24) is 5.32 Å². The molecule has 0 aromatic rings. The van der Waals surface area contributed by atoms with E-state index in [2.05, 4.69) is 5.32 Å². The van der Waals surface area contributed by atoms with Crippen LogP contribution in [0.5, 0.6) is 0 Å². The highest BCUT2D eigenvalue weighted by atomic mass is 35.5. The lowest BCUT2D eigenvalue weighted by Gasteiger charge is -2.25. The molecule has 5 heteroatoms. The molecule has 0 bridgehead atoms. The maximum Gasteiger partial charge on any atom is 0.281 e. The monoisotopic (exact) mass is 175 g/mol. The van der Waals surface area contributed by atoms with E-state index in [-0.39, 0.29) is 31.9 Å². The third-order valence-electron chi connectivity index (χ3n) is 1.42. The number of alkyl halides is 3. The van der Waals surface area contributed by atoms with Crippen LogP contribution in [0.1, 0.15) is 6.42 Å². The van der Waals surface area contributed by atoms with Crippen LogP contribution in [0.4, 0.5) is 13.2 Å². The van der Waals surface area contributed by atoms with E-state index in [0.29, 0.717) is 0 Å². The van der Waals surface area contributed by atoms with Crippen molar-refractivity contribution in [2.45, 2.75) is 18.5 Å². The quantitative estimate of drug-likeness (QED) is 0.587. The summed E-state index contributed by atoms with van der Waals surface area (Å²) in [6.45, 7) is 0.000417. The maximum absolute atomic E-state index is 12.2. The van der Waals surface area contributed by atoms with Gasteiger partial charge in [-0.2, -0.15) is 0 Å². The Labute approximate surface area is 63.4 Å². The van der Waals surface area contributed by atoms with Crippen LogP contribution in [0.15, 0.2) is 0 Å². The fraction of sp³-hybridized carbons (Fsp3) is 1.00. The summed E-state index contributed by atoms with van der Waals surface area (Å²) in [7, 11) is 0. The van der Waals surface area contributed by atoms with Crippen LogP contribution >= 0.6 is 12.4 Å². The lowest BCUT2D eigenvalue weighted by molar-refractivity contribution is -0.0896. The van der Waals surface area contributed by atoms with Crippen molar-refractivity contribution in [3.8, 4) is 0 Å². The van der Waals surface area contributed by atoms with Crippen molar-refractivity contribution in [3.05, 3.63) is 0 Å². The molecule has 0 aromatic carbocycles. The molecule has 10 heavy (non-hydrogen) atoms. The molecular weight excluding hydrogens is 167 g/mol. The Hall–Kier alpha value is 0.0400. The van der Waals surface area contributed by atoms with Crippen molar-refractivity contribution < 1.29 is 13.2 Å². The van der Waals surface area contributed by atoms with Gasteiger partial charge in [0.05, 0.1) is 0 Å². The van der Waals surface area contributed by atoms with Crippen LogP contribution in [0.3, 0.4) is 0 Å². The van der Waals surface area contributed by atoms with Crippen LogP contribution in [0.2, 0.25) is 0 Å². The van der Waals surface area contributed by atoms with E-state index in [9.17, 15) is 13.2 Å². The predicted molar refractivity (Wildman–Crippen MR) is 34.6 cm³/mol. The summed E-state index contributed by atoms with van der Waals surface area (Å²) in [5.74, 6) is -3.09. The standard InChI is InChI=1S/C5H8F3N.ClH/c6-4-3-9-2-1-5(4,7)8;/h4,9H,1-3H2;1H/t4-;/m0./s1. The minimum Gasteiger partial charge on any atom is -0.313 e. The van der Waals surface area contributed by atoms with E-state index in [1.54, 1.807) is 0 Å². The lowest BCUT2D eigenvalue weighted by atomic mass is 10.1. The van der Waals surface area contributed by atoms with E-state index in [1.807, 2.05) is 0 Å². The van der Waals surface area contributed by atoms with Gasteiger partial charge in [0, 0.05) is 19.5 Å². The number of nitrogens with one attached hydrogen (secondary N) is 1. The molecule has 0 radical (unpaired) electrons. The average molecular weight is 176 g/mol. The Morgan fingerprint density at radius 1 is 1.40 bits per heavy atom. The molecular formula is C5H9ClF3N. The largest absolute Gasteiger partial charge is 0.313 e. The fourth-order valence-electron chi connectivity index (χ4n) is 0.790. The lowest BCUT2D eigenvalue weighted by Crippen LogP contribution is -2.46. The van der Waals surface area contributed by atoms with Gasteiger partial charge in [0.15, 0.2) is 6.17 Å². The van der Waals surface area contributed by atoms with Gasteiger partial charge in [-0.05, 0) is 0 Å². The van der Waals surface area contributed by atoms with Crippen LogP contribution in [-0.4, -0.2) is 25.2 Å². The summed E-state index contributed by atoms with van der Waals surface area (Å²) < 4.78 is 36.5. The summed E-state index contributed by atoms with van der Waals surface area (Å²) in [6.07, 6.45) is -2.38. The van der Waals surface area contributed by atoms with E-state index < -0.39 is 12.1 Å². The molecule has 1 saturated heterocycles. The summed E-state index contributed by atoms with van der Waals surface area (Å²) in [6, 6.07) is 0. The first kappa shape index (κ1) is 10.0. The highest BCUT2D eigenvalue weighted by Gasteiger charge is 2.41. The van der Waals surface area contributed by atoms with Crippen LogP contribution in [0.25, 0.3) is 0 Å². The minimum atomic E-state index is -3.09. The molecule has 62 valence electrons. The molecule has 1 nitrogen and oxygen atoms in total. The van der Waals surface area contributed by atoms with Gasteiger partial charge in [0.25, 0.3) is 5.92 Å². The molecule has 1 N–H and O–H groups in total. The maximum atomic E-state index is 12.2. The zero-order valence-electron chi connectivity index (χ0n) is 5.24. The van der Waals surface area contributed by atoms with E-state index in [1.165, 1.54) is 0 Å². The molecule has 1 aliphatic rings. The first-order chi connectivity index (χ1) is 4.13. The number of rotatable bonds is 0. The summed E-state index contributed by atoms with van der Waals surface area (Å²) in [5.41, 5.74) is 0. The normalized spacial score (nSPS) is 30.9. The molecule has 0 aromatic heterocycles. The molecule has 0 spiro atoms. The Morgan fingerprint density at radius 2 is 2.00 bits per heavy atom. The van der Waals surface area contributed by atoms with Gasteiger partial charge in [0.1, 0.15) is 0 Å². The molecule has 0 unspecified atom stereocenters. The second-order valence-corrected chi connectivity index (χ2v) is 2.18. The van der Waals surface area contributed by atoms with Gasteiger partial charge in [-0.25, -0.2) is 13.2 Å². The van der Waals surface area contributed by atoms with Gasteiger partial charge in [0.2, 0.25) is 0 Å². The number of hydrogen-bond acceptors (Lipinski definition) is 1. The third-order valence-corrected chi connectivity index (χ3v) is 1.42. The van der Waals surface area contributed by atoms with Crippen LogP contribution in [-0.2, 0) is 0 Å². The Balaban J connectivity index is 0.000000810. The first-order valence-electron chi connectivity index (χ1n) is 2.85. The fourth-order valence-corrected chi connectivity index (χ4v) is 0.790. The summed E-state index contributed by atoms with van der Waals surface area (Å²) in [4.78, 5) is 0. The minimum absolute atomic E-state index is 0. The molecule has 0 saturated carbocycles. The molecule has 1 heterocycles. The van der Waals surface area contributed by atoms with Crippen molar-refractivity contribution >= 4 is 12.4 Å². The number of piperidine rings is 1. The second kappa shape index (κ2) is 3.44. The smallest absolute Gasteiger partial charge is 0.281 e. The van der Waals surface area contributed by atoms with E-state index in [4.69, 9.17) is 0 Å². The predicted octanol–water partition coefficient (Wildman–Crippen LogP) is 1.37. The zero-order chi connectivity index (χ0) is 6.91. The topological polar surface area (TPSA) is 12.0 Å². The number of halogens is 4. The van der Waals surface area contributed by atoms with Gasteiger partial charge < -0.3 is 5.32 Å². The highest BCUT2D eigenvalue weighted by molar-refractivity contribution is 5.85. The number of hydrogen-bond donors (Lipinski definition) is 1. The molecule has 1 aliphatic heterocycles. The highest BCUT2D eigenvalue weighted by Crippen LogP contribution is 2.26. The average Bonchev–Trinajstić information content (AvgIpc) is 1.77. The van der Waals surface area contributed by atoms with Crippen molar-refractivity contribution in [1.29, 1.82) is 0 Å². The van der Waals surface area contributed by atoms with Gasteiger partial charge in [-0.15, -0.1) is 12.4 Å². The van der Waals surface area contributed by atoms with Gasteiger partial charge >= 0.3 is 0 Å². The third kappa shape index (κ3) is 2.02. The molecule has 0 amide bonds. The van der Waals surface area contributed by atoms with Crippen molar-refractivity contribution in [2.75, 3.05) is 13.1 Å². The second-order valence-electron chi connectivity index (χ2n) is 2.18. The van der Waals surface area contributed by atoms with Gasteiger partial charge in [-0.1, -0.05) is 0 Å². The van der Waals surface area contributed by atoms with Crippen molar-refractivity contribution in [2.24, 2.45) is 0 Å². The zero-order valence-corrected chi connectivity index (χ0v) is 6.06.